The van der Waals surface area contributed by atoms with Gasteiger partial charge in [0.25, 0.3) is 0 Å². The maximum atomic E-state index is 11.9. The van der Waals surface area contributed by atoms with E-state index in [-0.39, 0.29) is 6.03 Å². The number of likely N-dealkylation sites (tertiary alicyclic amines) is 1. The summed E-state index contributed by atoms with van der Waals surface area (Å²) in [6.45, 7) is 5.74. The van der Waals surface area contributed by atoms with Gasteiger partial charge in [0.2, 0.25) is 0 Å². The Labute approximate surface area is 159 Å². The van der Waals surface area contributed by atoms with Crippen LogP contribution in [-0.2, 0) is 6.54 Å². The van der Waals surface area contributed by atoms with Crippen LogP contribution in [-0.4, -0.2) is 41.6 Å². The Bertz CT molecular complexity index is 688. The molecule has 1 unspecified atom stereocenters. The summed E-state index contributed by atoms with van der Waals surface area (Å²) in [7, 11) is 0. The number of carbonyl (C=O) groups is 1. The van der Waals surface area contributed by atoms with Crippen molar-refractivity contribution in [3.63, 3.8) is 0 Å². The van der Waals surface area contributed by atoms with Gasteiger partial charge in [0.15, 0.2) is 0 Å². The first kappa shape index (κ1) is 18.9. The zero-order valence-corrected chi connectivity index (χ0v) is 16.2. The smallest absolute Gasteiger partial charge is 0.315 e. The summed E-state index contributed by atoms with van der Waals surface area (Å²) >= 11 is 1.57. The van der Waals surface area contributed by atoms with Gasteiger partial charge in [-0.2, -0.15) is 0 Å². The standard InChI is InChI=1S/C20H28N4OS/c1-16-8-5-6-12-24(16)13-7-11-21-20(25)22-14-19-23-18(15-26-19)17-9-3-2-4-10-17/h2-4,9-10,15-16H,5-8,11-14H2,1H3,(H2,21,22,25). The number of nitrogens with zero attached hydrogens (tertiary/aromatic N) is 2. The molecule has 0 saturated carbocycles. The number of amides is 2. The first-order valence-electron chi connectivity index (χ1n) is 9.48. The van der Waals surface area contributed by atoms with Crippen molar-refractivity contribution in [2.45, 2.75) is 45.2 Å². The van der Waals surface area contributed by atoms with Gasteiger partial charge in [-0.25, -0.2) is 9.78 Å². The highest BCUT2D eigenvalue weighted by atomic mass is 32.1. The van der Waals surface area contributed by atoms with Gasteiger partial charge in [0.05, 0.1) is 12.2 Å². The van der Waals surface area contributed by atoms with Crippen molar-refractivity contribution >= 4 is 17.4 Å². The lowest BCUT2D eigenvalue weighted by molar-refractivity contribution is 0.159. The second-order valence-corrected chi connectivity index (χ2v) is 7.78. The summed E-state index contributed by atoms with van der Waals surface area (Å²) in [5.74, 6) is 0. The maximum absolute atomic E-state index is 11.9. The van der Waals surface area contributed by atoms with E-state index in [0.717, 1.165) is 29.2 Å². The number of carbonyl (C=O) groups excluding carboxylic acids is 1. The van der Waals surface area contributed by atoms with Gasteiger partial charge in [-0.15, -0.1) is 11.3 Å². The first-order chi connectivity index (χ1) is 12.7. The fourth-order valence-electron chi connectivity index (χ4n) is 3.33. The van der Waals surface area contributed by atoms with Crippen LogP contribution in [0.2, 0.25) is 0 Å². The van der Waals surface area contributed by atoms with Crippen molar-refractivity contribution in [3.05, 3.63) is 40.7 Å². The lowest BCUT2D eigenvalue weighted by Gasteiger charge is -2.33. The largest absolute Gasteiger partial charge is 0.338 e. The van der Waals surface area contributed by atoms with E-state index in [4.69, 9.17) is 0 Å². The van der Waals surface area contributed by atoms with Crippen LogP contribution in [0.15, 0.2) is 35.7 Å². The Hall–Kier alpha value is -1.92. The SMILES string of the molecule is CC1CCCCN1CCCNC(=O)NCc1nc(-c2ccccc2)cs1. The van der Waals surface area contributed by atoms with E-state index in [2.05, 4.69) is 27.4 Å². The minimum Gasteiger partial charge on any atom is -0.338 e. The molecule has 26 heavy (non-hydrogen) atoms. The number of benzene rings is 1. The number of aromatic nitrogens is 1. The number of nitrogens with one attached hydrogen (secondary N) is 2. The van der Waals surface area contributed by atoms with Crippen molar-refractivity contribution < 1.29 is 4.79 Å². The van der Waals surface area contributed by atoms with Gasteiger partial charge in [0.1, 0.15) is 5.01 Å². The van der Waals surface area contributed by atoms with Gasteiger partial charge >= 0.3 is 6.03 Å². The fourth-order valence-corrected chi connectivity index (χ4v) is 4.07. The molecule has 1 fully saturated rings. The Balaban J connectivity index is 1.33. The molecule has 2 aromatic rings. The van der Waals surface area contributed by atoms with Crippen LogP contribution < -0.4 is 10.6 Å². The Kier molecular flexibility index (Phi) is 7.03. The van der Waals surface area contributed by atoms with E-state index < -0.39 is 0 Å². The van der Waals surface area contributed by atoms with Crippen molar-refractivity contribution in [1.82, 2.24) is 20.5 Å². The third-order valence-corrected chi connectivity index (χ3v) is 5.72. The van der Waals surface area contributed by atoms with Gasteiger partial charge in [0, 0.05) is 30.1 Å². The molecule has 1 saturated heterocycles. The monoisotopic (exact) mass is 372 g/mol. The molecule has 0 spiro atoms. The molecule has 140 valence electrons. The first-order valence-corrected chi connectivity index (χ1v) is 10.4. The zero-order chi connectivity index (χ0) is 18.2. The van der Waals surface area contributed by atoms with Crippen LogP contribution >= 0.6 is 11.3 Å². The van der Waals surface area contributed by atoms with Crippen molar-refractivity contribution in [1.29, 1.82) is 0 Å². The Morgan fingerprint density at radius 1 is 1.27 bits per heavy atom. The molecule has 2 N–H and O–H groups in total. The number of piperidine rings is 1. The average Bonchev–Trinajstić information content (AvgIpc) is 3.15. The molecule has 1 aromatic carbocycles. The minimum atomic E-state index is -0.117. The highest BCUT2D eigenvalue weighted by Gasteiger charge is 2.17. The molecular weight excluding hydrogens is 344 g/mol. The lowest BCUT2D eigenvalue weighted by atomic mass is 10.0. The van der Waals surface area contributed by atoms with E-state index in [1.165, 1.54) is 25.8 Å². The topological polar surface area (TPSA) is 57.3 Å². The molecule has 2 amide bonds. The summed E-state index contributed by atoms with van der Waals surface area (Å²) < 4.78 is 0. The molecule has 2 heterocycles. The summed E-state index contributed by atoms with van der Waals surface area (Å²) in [6, 6.07) is 10.7. The van der Waals surface area contributed by atoms with E-state index in [9.17, 15) is 4.79 Å². The molecule has 0 radical (unpaired) electrons. The van der Waals surface area contributed by atoms with Crippen LogP contribution in [0, 0.1) is 0 Å². The predicted octanol–water partition coefficient (Wildman–Crippen LogP) is 3.87. The molecule has 0 aliphatic carbocycles. The summed E-state index contributed by atoms with van der Waals surface area (Å²) in [5.41, 5.74) is 2.06. The fraction of sp³-hybridized carbons (Fsp3) is 0.500. The highest BCUT2D eigenvalue weighted by molar-refractivity contribution is 7.09. The molecule has 1 aromatic heterocycles. The number of hydrogen-bond donors (Lipinski definition) is 2. The summed E-state index contributed by atoms with van der Waals surface area (Å²) in [4.78, 5) is 19.1. The summed E-state index contributed by atoms with van der Waals surface area (Å²) in [5, 5.41) is 8.79. The number of hydrogen-bond acceptors (Lipinski definition) is 4. The van der Waals surface area contributed by atoms with E-state index >= 15 is 0 Å². The van der Waals surface area contributed by atoms with Crippen LogP contribution in [0.4, 0.5) is 4.79 Å². The molecule has 1 atom stereocenters. The van der Waals surface area contributed by atoms with Crippen LogP contribution in [0.1, 0.15) is 37.6 Å². The third-order valence-electron chi connectivity index (χ3n) is 4.87. The van der Waals surface area contributed by atoms with E-state index in [1.807, 2.05) is 35.7 Å². The van der Waals surface area contributed by atoms with Gasteiger partial charge in [-0.1, -0.05) is 36.8 Å². The predicted molar refractivity (Wildman–Crippen MR) is 107 cm³/mol. The number of rotatable bonds is 7. The molecule has 5 nitrogen and oxygen atoms in total. The number of urea groups is 1. The normalized spacial score (nSPS) is 17.8. The number of thiazole rings is 1. The Morgan fingerprint density at radius 2 is 2.12 bits per heavy atom. The Morgan fingerprint density at radius 3 is 2.92 bits per heavy atom. The van der Waals surface area contributed by atoms with Crippen molar-refractivity contribution in [2.24, 2.45) is 0 Å². The lowest BCUT2D eigenvalue weighted by Crippen LogP contribution is -2.40. The molecular formula is C20H28N4OS. The van der Waals surface area contributed by atoms with Crippen LogP contribution in [0.3, 0.4) is 0 Å². The average molecular weight is 373 g/mol. The molecule has 3 rings (SSSR count). The quantitative estimate of drug-likeness (QED) is 0.725. The minimum absolute atomic E-state index is 0.117. The van der Waals surface area contributed by atoms with E-state index in [1.54, 1.807) is 11.3 Å². The van der Waals surface area contributed by atoms with Crippen LogP contribution in [0.5, 0.6) is 0 Å². The van der Waals surface area contributed by atoms with Crippen molar-refractivity contribution in [2.75, 3.05) is 19.6 Å². The molecule has 1 aliphatic heterocycles. The third kappa shape index (κ3) is 5.54. The van der Waals surface area contributed by atoms with Gasteiger partial charge in [-0.3, -0.25) is 0 Å². The second kappa shape index (κ2) is 9.69. The summed E-state index contributed by atoms with van der Waals surface area (Å²) in [6.07, 6.45) is 4.94. The maximum Gasteiger partial charge on any atom is 0.315 e. The van der Waals surface area contributed by atoms with Gasteiger partial charge in [-0.05, 0) is 32.7 Å². The molecule has 6 heteroatoms. The zero-order valence-electron chi connectivity index (χ0n) is 15.4. The molecule has 0 bridgehead atoms. The highest BCUT2D eigenvalue weighted by Crippen LogP contribution is 2.21. The second-order valence-electron chi connectivity index (χ2n) is 6.84. The van der Waals surface area contributed by atoms with Crippen molar-refractivity contribution in [3.8, 4) is 11.3 Å². The van der Waals surface area contributed by atoms with Gasteiger partial charge < -0.3 is 15.5 Å². The molecule has 1 aliphatic rings. The van der Waals surface area contributed by atoms with E-state index in [0.29, 0.717) is 19.1 Å². The van der Waals surface area contributed by atoms with Crippen LogP contribution in [0.25, 0.3) is 11.3 Å².